The Morgan fingerprint density at radius 1 is 1.26 bits per heavy atom. The quantitative estimate of drug-likeness (QED) is 0.834. The third-order valence-corrected chi connectivity index (χ3v) is 4.56. The van der Waals surface area contributed by atoms with E-state index in [1.165, 1.54) is 0 Å². The molecule has 1 amide bonds. The number of aliphatic hydroxyl groups is 1. The molecule has 0 saturated carbocycles. The maximum absolute atomic E-state index is 12.6. The number of nitrogens with one attached hydrogen (secondary N) is 1. The molecule has 2 heterocycles. The van der Waals surface area contributed by atoms with E-state index in [2.05, 4.69) is 4.98 Å². The fourth-order valence-electron chi connectivity index (χ4n) is 3.36. The second-order valence-electron chi connectivity index (χ2n) is 6.10. The van der Waals surface area contributed by atoms with Gasteiger partial charge in [0.25, 0.3) is 0 Å². The van der Waals surface area contributed by atoms with Gasteiger partial charge in [-0.25, -0.2) is 0 Å². The zero-order valence-electron chi connectivity index (χ0n) is 13.1. The minimum absolute atomic E-state index is 0.00994. The monoisotopic (exact) mass is 310 g/mol. The fourth-order valence-corrected chi connectivity index (χ4v) is 3.36. The van der Waals surface area contributed by atoms with E-state index in [4.69, 9.17) is 0 Å². The predicted octanol–water partition coefficient (Wildman–Crippen LogP) is 2.62. The maximum Gasteiger partial charge on any atom is 0.247 e. The summed E-state index contributed by atoms with van der Waals surface area (Å²) in [4.78, 5) is 17.5. The van der Waals surface area contributed by atoms with Gasteiger partial charge >= 0.3 is 0 Å². The zero-order chi connectivity index (χ0) is 16.1. The van der Waals surface area contributed by atoms with Gasteiger partial charge in [0.1, 0.15) is 0 Å². The van der Waals surface area contributed by atoms with Gasteiger partial charge in [0.15, 0.2) is 0 Å². The standard InChI is InChI=1S/C19H22N2O2/c22-15-19(14-16-6-2-1-3-7-16)11-5-13-21(19)18(23)10-9-17-8-4-12-20-17/h1-4,6-10,12,20,22H,5,11,13-15H2/b10-9+. The molecule has 1 aliphatic heterocycles. The molecule has 1 aromatic carbocycles. The van der Waals surface area contributed by atoms with Crippen LogP contribution in [0.25, 0.3) is 6.08 Å². The molecule has 1 aromatic heterocycles. The molecule has 3 rings (SSSR count). The van der Waals surface area contributed by atoms with Crippen LogP contribution in [0, 0.1) is 0 Å². The number of hydrogen-bond donors (Lipinski definition) is 2. The Bertz CT molecular complexity index is 664. The molecule has 1 saturated heterocycles. The number of hydrogen-bond acceptors (Lipinski definition) is 2. The first-order valence-electron chi connectivity index (χ1n) is 8.01. The molecule has 120 valence electrons. The topological polar surface area (TPSA) is 56.3 Å². The molecular weight excluding hydrogens is 288 g/mol. The van der Waals surface area contributed by atoms with Gasteiger partial charge < -0.3 is 15.0 Å². The van der Waals surface area contributed by atoms with E-state index in [1.54, 1.807) is 12.2 Å². The third-order valence-electron chi connectivity index (χ3n) is 4.56. The number of amides is 1. The van der Waals surface area contributed by atoms with Crippen LogP contribution in [-0.2, 0) is 11.2 Å². The third kappa shape index (κ3) is 3.37. The number of H-pyrrole nitrogens is 1. The normalized spacial score (nSPS) is 21.2. The molecule has 0 bridgehead atoms. The predicted molar refractivity (Wildman–Crippen MR) is 90.7 cm³/mol. The summed E-state index contributed by atoms with van der Waals surface area (Å²) in [5, 5.41) is 10.0. The summed E-state index contributed by atoms with van der Waals surface area (Å²) in [6.45, 7) is 0.686. The minimum atomic E-state index is -0.488. The highest BCUT2D eigenvalue weighted by molar-refractivity contribution is 5.92. The molecule has 1 unspecified atom stereocenters. The molecular formula is C19H22N2O2. The van der Waals surface area contributed by atoms with Crippen molar-refractivity contribution >= 4 is 12.0 Å². The van der Waals surface area contributed by atoms with Crippen molar-refractivity contribution in [2.45, 2.75) is 24.8 Å². The lowest BCUT2D eigenvalue weighted by Gasteiger charge is -2.37. The molecule has 1 atom stereocenters. The van der Waals surface area contributed by atoms with Crippen LogP contribution < -0.4 is 0 Å². The number of benzene rings is 1. The highest BCUT2D eigenvalue weighted by Gasteiger charge is 2.42. The van der Waals surface area contributed by atoms with Crippen molar-refractivity contribution in [1.29, 1.82) is 0 Å². The lowest BCUT2D eigenvalue weighted by atomic mass is 9.88. The van der Waals surface area contributed by atoms with Crippen LogP contribution in [0.2, 0.25) is 0 Å². The van der Waals surface area contributed by atoms with E-state index in [0.717, 1.165) is 24.1 Å². The summed E-state index contributed by atoms with van der Waals surface area (Å²) in [5.41, 5.74) is 1.56. The zero-order valence-corrected chi connectivity index (χ0v) is 13.1. The number of aromatic nitrogens is 1. The molecule has 4 nitrogen and oxygen atoms in total. The Morgan fingerprint density at radius 3 is 2.78 bits per heavy atom. The number of carbonyl (C=O) groups is 1. The Morgan fingerprint density at radius 2 is 2.09 bits per heavy atom. The summed E-state index contributed by atoms with van der Waals surface area (Å²) in [5.74, 6) is -0.0397. The average molecular weight is 310 g/mol. The van der Waals surface area contributed by atoms with E-state index in [-0.39, 0.29) is 12.5 Å². The van der Waals surface area contributed by atoms with Crippen LogP contribution in [0.15, 0.2) is 54.7 Å². The molecule has 4 heteroatoms. The van der Waals surface area contributed by atoms with Crippen molar-refractivity contribution < 1.29 is 9.90 Å². The van der Waals surface area contributed by atoms with Crippen LogP contribution in [0.1, 0.15) is 24.1 Å². The van der Waals surface area contributed by atoms with E-state index in [0.29, 0.717) is 13.0 Å². The lowest BCUT2D eigenvalue weighted by Crippen LogP contribution is -2.51. The van der Waals surface area contributed by atoms with Crippen LogP contribution >= 0.6 is 0 Å². The van der Waals surface area contributed by atoms with Gasteiger partial charge in [-0.2, -0.15) is 0 Å². The molecule has 2 N–H and O–H groups in total. The van der Waals surface area contributed by atoms with Gasteiger partial charge in [0.05, 0.1) is 12.1 Å². The largest absolute Gasteiger partial charge is 0.394 e. The van der Waals surface area contributed by atoms with Gasteiger partial charge in [-0.3, -0.25) is 4.79 Å². The number of aromatic amines is 1. The maximum atomic E-state index is 12.6. The molecule has 1 fully saturated rings. The first kappa shape index (κ1) is 15.6. The summed E-state index contributed by atoms with van der Waals surface area (Å²) >= 11 is 0. The Hall–Kier alpha value is -2.33. The van der Waals surface area contributed by atoms with Crippen molar-refractivity contribution in [3.63, 3.8) is 0 Å². The number of nitrogens with zero attached hydrogens (tertiary/aromatic N) is 1. The van der Waals surface area contributed by atoms with Crippen LogP contribution in [0.5, 0.6) is 0 Å². The van der Waals surface area contributed by atoms with E-state index < -0.39 is 5.54 Å². The Kier molecular flexibility index (Phi) is 4.63. The SMILES string of the molecule is O=C(/C=C/c1ccc[nH]1)N1CCCC1(CO)Cc1ccccc1. The van der Waals surface area contributed by atoms with E-state index in [9.17, 15) is 9.90 Å². The lowest BCUT2D eigenvalue weighted by molar-refractivity contribution is -0.131. The second kappa shape index (κ2) is 6.84. The average Bonchev–Trinajstić information content (AvgIpc) is 3.23. The Balaban J connectivity index is 1.78. The molecule has 1 aliphatic rings. The molecule has 0 spiro atoms. The van der Waals surface area contributed by atoms with Gasteiger partial charge in [0, 0.05) is 24.5 Å². The summed E-state index contributed by atoms with van der Waals surface area (Å²) in [6, 6.07) is 13.9. The van der Waals surface area contributed by atoms with Crippen molar-refractivity contribution in [3.05, 3.63) is 66.0 Å². The van der Waals surface area contributed by atoms with E-state index >= 15 is 0 Å². The molecule has 0 radical (unpaired) electrons. The van der Waals surface area contributed by atoms with Gasteiger partial charge in [-0.05, 0) is 43.0 Å². The van der Waals surface area contributed by atoms with Crippen molar-refractivity contribution in [1.82, 2.24) is 9.88 Å². The number of aliphatic hydroxyl groups excluding tert-OH is 1. The van der Waals surface area contributed by atoms with Crippen LogP contribution in [0.4, 0.5) is 0 Å². The van der Waals surface area contributed by atoms with Gasteiger partial charge in [-0.1, -0.05) is 30.3 Å². The summed E-state index contributed by atoms with van der Waals surface area (Å²) < 4.78 is 0. The highest BCUT2D eigenvalue weighted by atomic mass is 16.3. The van der Waals surface area contributed by atoms with Crippen molar-refractivity contribution in [2.75, 3.05) is 13.2 Å². The molecule has 23 heavy (non-hydrogen) atoms. The van der Waals surface area contributed by atoms with Crippen LogP contribution in [0.3, 0.4) is 0 Å². The summed E-state index contributed by atoms with van der Waals surface area (Å²) in [6.07, 6.45) is 7.65. The highest BCUT2D eigenvalue weighted by Crippen LogP contribution is 2.32. The van der Waals surface area contributed by atoms with Gasteiger partial charge in [-0.15, -0.1) is 0 Å². The van der Waals surface area contributed by atoms with Crippen LogP contribution in [-0.4, -0.2) is 39.6 Å². The minimum Gasteiger partial charge on any atom is -0.394 e. The van der Waals surface area contributed by atoms with Gasteiger partial charge in [0.2, 0.25) is 5.91 Å². The van der Waals surface area contributed by atoms with Crippen molar-refractivity contribution in [2.24, 2.45) is 0 Å². The fraction of sp³-hybridized carbons (Fsp3) is 0.316. The molecule has 2 aromatic rings. The Labute approximate surface area is 136 Å². The smallest absolute Gasteiger partial charge is 0.247 e. The number of carbonyl (C=O) groups excluding carboxylic acids is 1. The van der Waals surface area contributed by atoms with Crippen molar-refractivity contribution in [3.8, 4) is 0 Å². The molecule has 0 aliphatic carbocycles. The van der Waals surface area contributed by atoms with E-state index in [1.807, 2.05) is 53.6 Å². The first-order chi connectivity index (χ1) is 11.2. The summed E-state index contributed by atoms with van der Waals surface area (Å²) in [7, 11) is 0. The second-order valence-corrected chi connectivity index (χ2v) is 6.10. The number of likely N-dealkylation sites (tertiary alicyclic amines) is 1. The number of rotatable bonds is 5. The first-order valence-corrected chi connectivity index (χ1v) is 8.01.